The Balaban J connectivity index is 1.26. The van der Waals surface area contributed by atoms with Crippen molar-refractivity contribution in [3.05, 3.63) is 53.3 Å². The van der Waals surface area contributed by atoms with Gasteiger partial charge in [-0.25, -0.2) is 4.39 Å². The Labute approximate surface area is 211 Å². The van der Waals surface area contributed by atoms with Crippen molar-refractivity contribution in [3.63, 3.8) is 0 Å². The first-order valence-corrected chi connectivity index (χ1v) is 12.6. The van der Waals surface area contributed by atoms with Gasteiger partial charge in [-0.3, -0.25) is 9.59 Å². The van der Waals surface area contributed by atoms with Gasteiger partial charge >= 0.3 is 0 Å². The van der Waals surface area contributed by atoms with E-state index in [4.69, 9.17) is 0 Å². The van der Waals surface area contributed by atoms with Crippen molar-refractivity contribution in [1.29, 1.82) is 5.26 Å². The zero-order valence-electron chi connectivity index (χ0n) is 20.8. The number of anilines is 1. The number of amides is 2. The van der Waals surface area contributed by atoms with E-state index >= 15 is 4.39 Å². The van der Waals surface area contributed by atoms with Crippen LogP contribution in [0.5, 0.6) is 0 Å². The number of carbonyl (C=O) groups excluding carboxylic acids is 2. The molecule has 2 heterocycles. The number of fused-ring (bicyclic) bond motifs is 3. The molecule has 2 fully saturated rings. The molecule has 1 aliphatic carbocycles. The standard InChI is InChI=1S/C28H32FN5O2/c1-33(2)9-10-34-25-8-6-17(11-21(25)15-26(34)35)18-3-4-19(24(29)14-18)12-23(16-30)32-28(36)27-20-5-7-22(13-20)31-27/h3-4,6,8,11,14,20,22-23,27,31H,5,7,9-10,12-13,15H2,1-2H3,(H,32,36). The van der Waals surface area contributed by atoms with E-state index in [2.05, 4.69) is 16.7 Å². The predicted molar refractivity (Wildman–Crippen MR) is 136 cm³/mol. The molecule has 5 rings (SSSR count). The van der Waals surface area contributed by atoms with Crippen LogP contribution >= 0.6 is 0 Å². The molecule has 4 unspecified atom stereocenters. The number of hydrogen-bond donors (Lipinski definition) is 2. The highest BCUT2D eigenvalue weighted by atomic mass is 19.1. The number of carbonyl (C=O) groups is 2. The highest BCUT2D eigenvalue weighted by Crippen LogP contribution is 2.36. The van der Waals surface area contributed by atoms with Gasteiger partial charge in [-0.15, -0.1) is 0 Å². The van der Waals surface area contributed by atoms with Crippen molar-refractivity contribution in [1.82, 2.24) is 15.5 Å². The van der Waals surface area contributed by atoms with Crippen molar-refractivity contribution in [2.75, 3.05) is 32.1 Å². The lowest BCUT2D eigenvalue weighted by molar-refractivity contribution is -0.124. The molecule has 1 saturated heterocycles. The van der Waals surface area contributed by atoms with Crippen molar-refractivity contribution in [3.8, 4) is 17.2 Å². The molecule has 0 radical (unpaired) electrons. The molecule has 0 aromatic heterocycles. The van der Waals surface area contributed by atoms with Crippen LogP contribution in [0, 0.1) is 23.1 Å². The summed E-state index contributed by atoms with van der Waals surface area (Å²) in [6, 6.07) is 12.2. The van der Waals surface area contributed by atoms with Gasteiger partial charge in [-0.1, -0.05) is 18.2 Å². The molecular weight excluding hydrogens is 457 g/mol. The summed E-state index contributed by atoms with van der Waals surface area (Å²) in [5.41, 5.74) is 3.80. The molecule has 188 valence electrons. The van der Waals surface area contributed by atoms with Gasteiger partial charge in [0.2, 0.25) is 11.8 Å². The van der Waals surface area contributed by atoms with Gasteiger partial charge in [0, 0.05) is 31.2 Å². The lowest BCUT2D eigenvalue weighted by Gasteiger charge is -2.23. The van der Waals surface area contributed by atoms with Crippen LogP contribution < -0.4 is 15.5 Å². The molecule has 7 nitrogen and oxygen atoms in total. The summed E-state index contributed by atoms with van der Waals surface area (Å²) in [6.45, 7) is 1.41. The van der Waals surface area contributed by atoms with E-state index in [1.165, 1.54) is 6.07 Å². The third-order valence-corrected chi connectivity index (χ3v) is 7.71. The van der Waals surface area contributed by atoms with Gasteiger partial charge in [0.25, 0.3) is 0 Å². The quantitative estimate of drug-likeness (QED) is 0.595. The number of hydrogen-bond acceptors (Lipinski definition) is 5. The molecule has 2 aliphatic heterocycles. The summed E-state index contributed by atoms with van der Waals surface area (Å²) in [5, 5.41) is 15.7. The lowest BCUT2D eigenvalue weighted by Crippen LogP contribution is -2.50. The number of nitrogens with zero attached hydrogens (tertiary/aromatic N) is 3. The second-order valence-electron chi connectivity index (χ2n) is 10.5. The summed E-state index contributed by atoms with van der Waals surface area (Å²) in [5.74, 6) is -0.175. The summed E-state index contributed by atoms with van der Waals surface area (Å²) in [7, 11) is 3.96. The summed E-state index contributed by atoms with van der Waals surface area (Å²) in [4.78, 5) is 29.0. The predicted octanol–water partition coefficient (Wildman–Crippen LogP) is 2.63. The number of nitrogens with one attached hydrogen (secondary N) is 2. The molecule has 1 saturated carbocycles. The fourth-order valence-electron chi connectivity index (χ4n) is 5.76. The Hall–Kier alpha value is -3.28. The molecule has 0 spiro atoms. The molecule has 8 heteroatoms. The van der Waals surface area contributed by atoms with E-state index in [1.54, 1.807) is 6.07 Å². The number of rotatable bonds is 8. The average Bonchev–Trinajstić information content (AvgIpc) is 3.57. The van der Waals surface area contributed by atoms with Gasteiger partial charge < -0.3 is 20.4 Å². The average molecular weight is 490 g/mol. The van der Waals surface area contributed by atoms with Crippen LogP contribution in [0.25, 0.3) is 11.1 Å². The van der Waals surface area contributed by atoms with Crippen molar-refractivity contribution in [2.45, 2.75) is 50.2 Å². The van der Waals surface area contributed by atoms with Gasteiger partial charge in [0.15, 0.2) is 0 Å². The Kier molecular flexibility index (Phi) is 6.78. The fraction of sp³-hybridized carbons (Fsp3) is 0.464. The highest BCUT2D eigenvalue weighted by Gasteiger charge is 2.43. The molecule has 36 heavy (non-hydrogen) atoms. The molecule has 4 atom stereocenters. The molecule has 2 aromatic carbocycles. The summed E-state index contributed by atoms with van der Waals surface area (Å²) in [6.07, 6.45) is 3.60. The van der Waals surface area contributed by atoms with Crippen LogP contribution in [-0.4, -0.2) is 62.0 Å². The van der Waals surface area contributed by atoms with Crippen LogP contribution in [0.1, 0.15) is 30.4 Å². The van der Waals surface area contributed by atoms with E-state index in [0.29, 0.717) is 36.1 Å². The van der Waals surface area contributed by atoms with Crippen molar-refractivity contribution >= 4 is 17.5 Å². The minimum Gasteiger partial charge on any atom is -0.339 e. The maximum atomic E-state index is 15.1. The zero-order chi connectivity index (χ0) is 25.4. The number of halogens is 1. The Bertz CT molecular complexity index is 1220. The first-order valence-electron chi connectivity index (χ1n) is 12.6. The van der Waals surface area contributed by atoms with Crippen LogP contribution in [-0.2, 0) is 22.4 Å². The lowest BCUT2D eigenvalue weighted by atomic mass is 9.97. The number of piperidine rings is 1. The maximum absolute atomic E-state index is 15.1. The van der Waals surface area contributed by atoms with E-state index in [9.17, 15) is 14.9 Å². The Morgan fingerprint density at radius 1 is 1.25 bits per heavy atom. The molecule has 3 aliphatic rings. The van der Waals surface area contributed by atoms with Crippen LogP contribution in [0.4, 0.5) is 10.1 Å². The Morgan fingerprint density at radius 2 is 2.03 bits per heavy atom. The number of nitriles is 1. The maximum Gasteiger partial charge on any atom is 0.238 e. The van der Waals surface area contributed by atoms with Crippen LogP contribution in [0.3, 0.4) is 0 Å². The van der Waals surface area contributed by atoms with Crippen molar-refractivity contribution < 1.29 is 14.0 Å². The molecule has 2 N–H and O–H groups in total. The largest absolute Gasteiger partial charge is 0.339 e. The third kappa shape index (κ3) is 4.86. The van der Waals surface area contributed by atoms with Gasteiger partial charge in [0.05, 0.1) is 18.5 Å². The van der Waals surface area contributed by atoms with Gasteiger partial charge in [0.1, 0.15) is 11.9 Å². The monoisotopic (exact) mass is 489 g/mol. The number of benzene rings is 2. The highest BCUT2D eigenvalue weighted by molar-refractivity contribution is 6.02. The van der Waals surface area contributed by atoms with Gasteiger partial charge in [-0.2, -0.15) is 5.26 Å². The normalized spacial score (nSPS) is 23.1. The van der Waals surface area contributed by atoms with E-state index in [0.717, 1.165) is 42.6 Å². The minimum atomic E-state index is -0.794. The third-order valence-electron chi connectivity index (χ3n) is 7.71. The van der Waals surface area contributed by atoms with Gasteiger partial charge in [-0.05, 0) is 79.7 Å². The number of likely N-dealkylation sites (N-methyl/N-ethyl adjacent to an activating group) is 1. The van der Waals surface area contributed by atoms with Crippen molar-refractivity contribution in [2.24, 2.45) is 5.92 Å². The van der Waals surface area contributed by atoms with E-state index in [1.807, 2.05) is 48.2 Å². The zero-order valence-corrected chi connectivity index (χ0v) is 20.8. The minimum absolute atomic E-state index is 0.0794. The van der Waals surface area contributed by atoms with E-state index in [-0.39, 0.29) is 24.3 Å². The topological polar surface area (TPSA) is 88.5 Å². The van der Waals surface area contributed by atoms with Crippen LogP contribution in [0.15, 0.2) is 36.4 Å². The Morgan fingerprint density at radius 3 is 2.69 bits per heavy atom. The van der Waals surface area contributed by atoms with Crippen LogP contribution in [0.2, 0.25) is 0 Å². The molecule has 2 bridgehead atoms. The first kappa shape index (κ1) is 24.4. The smallest absolute Gasteiger partial charge is 0.238 e. The summed E-state index contributed by atoms with van der Waals surface area (Å²) >= 11 is 0. The SMILES string of the molecule is CN(C)CCN1C(=O)Cc2cc(-c3ccc(CC(C#N)NC(=O)C4NC5CCC4C5)c(F)c3)ccc21. The van der Waals surface area contributed by atoms with E-state index < -0.39 is 11.9 Å². The molecule has 2 amide bonds. The summed E-state index contributed by atoms with van der Waals surface area (Å²) < 4.78 is 15.1. The molecule has 2 aromatic rings. The second kappa shape index (κ2) is 10.00. The molecular formula is C28H32FN5O2. The first-order chi connectivity index (χ1) is 17.3. The second-order valence-corrected chi connectivity index (χ2v) is 10.5. The fourth-order valence-corrected chi connectivity index (χ4v) is 5.76.